The van der Waals surface area contributed by atoms with Gasteiger partial charge in [-0.1, -0.05) is 17.3 Å². The van der Waals surface area contributed by atoms with Crippen molar-refractivity contribution in [2.75, 3.05) is 17.7 Å². The number of ether oxygens (including phenoxy) is 1. The van der Waals surface area contributed by atoms with Gasteiger partial charge in [-0.15, -0.1) is 0 Å². The van der Waals surface area contributed by atoms with E-state index in [9.17, 15) is 22.0 Å². The van der Waals surface area contributed by atoms with Crippen LogP contribution in [0.4, 0.5) is 14.5 Å². The zero-order chi connectivity index (χ0) is 23.5. The quantitative estimate of drug-likeness (QED) is 0.542. The Balaban J connectivity index is 1.73. The number of sulfonamides is 1. The first-order valence-electron chi connectivity index (χ1n) is 9.29. The highest BCUT2D eigenvalue weighted by atomic mass is 32.2. The van der Waals surface area contributed by atoms with Gasteiger partial charge in [-0.25, -0.2) is 17.2 Å². The monoisotopic (exact) mass is 466 g/mol. The first-order valence-corrected chi connectivity index (χ1v) is 11.1. The van der Waals surface area contributed by atoms with Crippen molar-refractivity contribution in [1.29, 1.82) is 0 Å². The fourth-order valence-electron chi connectivity index (χ4n) is 2.95. The van der Waals surface area contributed by atoms with Gasteiger partial charge in [0.2, 0.25) is 27.6 Å². The third-order valence-electron chi connectivity index (χ3n) is 4.46. The smallest absolute Gasteiger partial charge is 0.246 e. The molecule has 3 aromatic rings. The van der Waals surface area contributed by atoms with Crippen LogP contribution in [0.25, 0.3) is 11.4 Å². The van der Waals surface area contributed by atoms with Crippen molar-refractivity contribution in [3.8, 4) is 17.1 Å². The lowest BCUT2D eigenvalue weighted by Gasteiger charge is -2.28. The van der Waals surface area contributed by atoms with Crippen molar-refractivity contribution in [1.82, 2.24) is 15.5 Å². The summed E-state index contributed by atoms with van der Waals surface area (Å²) in [6.45, 7) is 1.14. The van der Waals surface area contributed by atoms with E-state index >= 15 is 0 Å². The molecule has 1 atom stereocenters. The molecule has 170 valence electrons. The molecule has 1 heterocycles. The number of nitrogens with zero attached hydrogens (tertiary/aromatic N) is 3. The summed E-state index contributed by atoms with van der Waals surface area (Å²) in [6.07, 6.45) is 0.858. The largest absolute Gasteiger partial charge is 0.497 e. The Bertz CT molecular complexity index is 1230. The molecule has 9 nitrogen and oxygen atoms in total. The van der Waals surface area contributed by atoms with E-state index in [1.54, 1.807) is 24.3 Å². The lowest BCUT2D eigenvalue weighted by Crippen LogP contribution is -2.47. The Kier molecular flexibility index (Phi) is 6.72. The molecule has 12 heteroatoms. The molecular weight excluding hydrogens is 446 g/mol. The van der Waals surface area contributed by atoms with Gasteiger partial charge in [-0.3, -0.25) is 9.10 Å². The van der Waals surface area contributed by atoms with Crippen molar-refractivity contribution in [2.24, 2.45) is 0 Å². The predicted molar refractivity (Wildman–Crippen MR) is 111 cm³/mol. The normalized spacial score (nSPS) is 12.3. The molecule has 0 saturated heterocycles. The molecule has 0 fully saturated rings. The highest BCUT2D eigenvalue weighted by Gasteiger charge is 2.30. The van der Waals surface area contributed by atoms with E-state index in [2.05, 4.69) is 15.5 Å². The molecule has 0 bridgehead atoms. The molecule has 32 heavy (non-hydrogen) atoms. The topological polar surface area (TPSA) is 115 Å². The first-order chi connectivity index (χ1) is 15.1. The second-order valence-electron chi connectivity index (χ2n) is 6.79. The second kappa shape index (κ2) is 9.30. The van der Waals surface area contributed by atoms with Crippen molar-refractivity contribution >= 4 is 21.6 Å². The van der Waals surface area contributed by atoms with E-state index in [4.69, 9.17) is 9.26 Å². The molecule has 1 amide bonds. The predicted octanol–water partition coefficient (Wildman–Crippen LogP) is 2.49. The molecule has 3 rings (SSSR count). The zero-order valence-electron chi connectivity index (χ0n) is 17.4. The first kappa shape index (κ1) is 23.1. The Morgan fingerprint density at radius 2 is 1.97 bits per heavy atom. The molecule has 0 unspecified atom stereocenters. The molecule has 2 aromatic carbocycles. The molecule has 0 aliphatic heterocycles. The van der Waals surface area contributed by atoms with Crippen molar-refractivity contribution in [2.45, 2.75) is 19.5 Å². The highest BCUT2D eigenvalue weighted by Crippen LogP contribution is 2.24. The van der Waals surface area contributed by atoms with E-state index in [-0.39, 0.29) is 23.9 Å². The Hall–Kier alpha value is -3.54. The molecule has 0 spiro atoms. The van der Waals surface area contributed by atoms with Gasteiger partial charge in [-0.05, 0) is 31.2 Å². The van der Waals surface area contributed by atoms with Crippen molar-refractivity contribution in [3.05, 3.63) is 60.0 Å². The highest BCUT2D eigenvalue weighted by molar-refractivity contribution is 7.92. The summed E-state index contributed by atoms with van der Waals surface area (Å²) in [5.74, 6) is -2.11. The molecule has 0 saturated carbocycles. The van der Waals surface area contributed by atoms with Gasteiger partial charge in [0.05, 0.1) is 25.6 Å². The molecule has 0 aliphatic rings. The van der Waals surface area contributed by atoms with Gasteiger partial charge in [-0.2, -0.15) is 4.98 Å². The lowest BCUT2D eigenvalue weighted by atomic mass is 10.2. The van der Waals surface area contributed by atoms with Crippen LogP contribution >= 0.6 is 0 Å². The van der Waals surface area contributed by atoms with Gasteiger partial charge in [0.15, 0.2) is 11.6 Å². The van der Waals surface area contributed by atoms with E-state index in [0.29, 0.717) is 21.7 Å². The molecule has 0 radical (unpaired) electrons. The van der Waals surface area contributed by atoms with Gasteiger partial charge in [0.1, 0.15) is 11.8 Å². The number of methoxy groups -OCH3 is 1. The van der Waals surface area contributed by atoms with Crippen LogP contribution < -0.4 is 14.4 Å². The maximum Gasteiger partial charge on any atom is 0.246 e. The van der Waals surface area contributed by atoms with Crippen LogP contribution in [0.5, 0.6) is 5.75 Å². The molecule has 1 N–H and O–H groups in total. The minimum absolute atomic E-state index is 0.0853. The SMILES string of the molecule is COc1cccc(-c2noc(CNC(=O)[C@H](C)N(c3ccc(F)c(F)c3)S(C)(=O)=O)n2)c1. The maximum absolute atomic E-state index is 13.6. The number of hydrogen-bond acceptors (Lipinski definition) is 7. The maximum atomic E-state index is 13.6. The fourth-order valence-corrected chi connectivity index (χ4v) is 4.11. The number of hydrogen-bond donors (Lipinski definition) is 1. The second-order valence-corrected chi connectivity index (χ2v) is 8.65. The summed E-state index contributed by atoms with van der Waals surface area (Å²) < 4.78 is 62.3. The summed E-state index contributed by atoms with van der Waals surface area (Å²) in [7, 11) is -2.47. The van der Waals surface area contributed by atoms with Gasteiger partial charge >= 0.3 is 0 Å². The summed E-state index contributed by atoms with van der Waals surface area (Å²) in [6, 6.07) is 8.27. The van der Waals surface area contributed by atoms with Crippen LogP contribution in [0, 0.1) is 11.6 Å². The minimum atomic E-state index is -3.99. The van der Waals surface area contributed by atoms with E-state index in [1.807, 2.05) is 0 Å². The fraction of sp³-hybridized carbons (Fsp3) is 0.250. The Morgan fingerprint density at radius 3 is 2.62 bits per heavy atom. The lowest BCUT2D eigenvalue weighted by molar-refractivity contribution is -0.122. The van der Waals surface area contributed by atoms with Crippen LogP contribution in [0.1, 0.15) is 12.8 Å². The Labute approximate surface area is 183 Å². The molecular formula is C20H20F2N4O5S. The third-order valence-corrected chi connectivity index (χ3v) is 5.70. The Morgan fingerprint density at radius 1 is 1.22 bits per heavy atom. The number of amides is 1. The number of halogens is 2. The number of carbonyl (C=O) groups excluding carboxylic acids is 1. The summed E-state index contributed by atoms with van der Waals surface area (Å²) in [5, 5.41) is 6.35. The number of benzene rings is 2. The zero-order valence-corrected chi connectivity index (χ0v) is 18.2. The van der Waals surface area contributed by atoms with Crippen LogP contribution in [0.2, 0.25) is 0 Å². The van der Waals surface area contributed by atoms with Crippen LogP contribution in [0.3, 0.4) is 0 Å². The van der Waals surface area contributed by atoms with Gasteiger partial charge in [0, 0.05) is 11.6 Å². The minimum Gasteiger partial charge on any atom is -0.497 e. The summed E-state index contributed by atoms with van der Waals surface area (Å²) >= 11 is 0. The number of nitrogens with one attached hydrogen (secondary N) is 1. The van der Waals surface area contributed by atoms with Crippen LogP contribution in [-0.2, 0) is 21.4 Å². The number of carbonyl (C=O) groups is 1. The number of aromatic nitrogens is 2. The van der Waals surface area contributed by atoms with Crippen LogP contribution in [-0.4, -0.2) is 43.9 Å². The average Bonchev–Trinajstić information content (AvgIpc) is 3.23. The number of rotatable bonds is 8. The van der Waals surface area contributed by atoms with Gasteiger partial charge in [0.25, 0.3) is 0 Å². The number of anilines is 1. The summed E-state index contributed by atoms with van der Waals surface area (Å²) in [4.78, 5) is 16.8. The van der Waals surface area contributed by atoms with E-state index in [0.717, 1.165) is 18.4 Å². The third kappa shape index (κ3) is 5.19. The summed E-state index contributed by atoms with van der Waals surface area (Å²) in [5.41, 5.74) is 0.452. The van der Waals surface area contributed by atoms with Crippen LogP contribution in [0.15, 0.2) is 47.0 Å². The van der Waals surface area contributed by atoms with Crippen molar-refractivity contribution in [3.63, 3.8) is 0 Å². The van der Waals surface area contributed by atoms with E-state index in [1.165, 1.54) is 14.0 Å². The molecule has 0 aliphatic carbocycles. The average molecular weight is 466 g/mol. The van der Waals surface area contributed by atoms with Gasteiger partial charge < -0.3 is 14.6 Å². The van der Waals surface area contributed by atoms with E-state index < -0.39 is 33.6 Å². The van der Waals surface area contributed by atoms with Crippen molar-refractivity contribution < 1.29 is 31.3 Å². The standard InChI is InChI=1S/C20H20F2N4O5S/c1-12(26(32(3,28)29)14-7-8-16(21)17(22)10-14)20(27)23-11-18-24-19(25-31-18)13-5-4-6-15(9-13)30-2/h4-10,12H,11H2,1-3H3,(H,23,27)/t12-/m0/s1. The molecule has 1 aromatic heterocycles.